The lowest BCUT2D eigenvalue weighted by molar-refractivity contribution is -0.122. The van der Waals surface area contributed by atoms with E-state index in [4.69, 9.17) is 0 Å². The molecule has 4 nitrogen and oxygen atoms in total. The highest BCUT2D eigenvalue weighted by atomic mass is 32.2. The molecule has 1 aliphatic rings. The lowest BCUT2D eigenvalue weighted by Gasteiger charge is -2.22. The van der Waals surface area contributed by atoms with E-state index >= 15 is 0 Å². The Morgan fingerprint density at radius 3 is 3.00 bits per heavy atom. The number of amides is 1. The molecule has 3 N–H and O–H groups in total. The van der Waals surface area contributed by atoms with Gasteiger partial charge in [0, 0.05) is 18.7 Å². The van der Waals surface area contributed by atoms with Crippen molar-refractivity contribution in [2.24, 2.45) is 5.92 Å². The summed E-state index contributed by atoms with van der Waals surface area (Å²) in [7, 11) is 0. The van der Waals surface area contributed by atoms with E-state index in [0.717, 1.165) is 19.5 Å². The molecular formula is C12H24N2O2S. The maximum absolute atomic E-state index is 11.6. The molecule has 0 aliphatic carbocycles. The minimum atomic E-state index is -0.802. The molecule has 1 saturated heterocycles. The average molecular weight is 260 g/mol. The fraction of sp³-hybridized carbons (Fsp3) is 0.917. The minimum absolute atomic E-state index is 0.0540. The van der Waals surface area contributed by atoms with Crippen molar-refractivity contribution in [2.45, 2.75) is 31.8 Å². The van der Waals surface area contributed by atoms with Crippen LogP contribution in [0.1, 0.15) is 26.2 Å². The molecule has 1 rings (SSSR count). The molecule has 0 spiro atoms. The highest BCUT2D eigenvalue weighted by molar-refractivity contribution is 7.98. The van der Waals surface area contributed by atoms with E-state index in [9.17, 15) is 9.90 Å². The van der Waals surface area contributed by atoms with Gasteiger partial charge in [-0.3, -0.25) is 4.79 Å². The third kappa shape index (κ3) is 6.29. The molecular weight excluding hydrogens is 236 g/mol. The first-order valence-electron chi connectivity index (χ1n) is 6.22. The van der Waals surface area contributed by atoms with E-state index in [0.29, 0.717) is 24.6 Å². The van der Waals surface area contributed by atoms with E-state index < -0.39 is 5.60 Å². The van der Waals surface area contributed by atoms with Gasteiger partial charge in [0.15, 0.2) is 0 Å². The number of hydrogen-bond donors (Lipinski definition) is 3. The standard InChI is InChI=1S/C12H24N2O2S/c1-12(16,9-17-2)8-14-11(15)4-3-10-5-6-13-7-10/h10,13,16H,3-9H2,1-2H3,(H,14,15). The predicted molar refractivity (Wildman–Crippen MR) is 72.2 cm³/mol. The Bertz CT molecular complexity index is 241. The van der Waals surface area contributed by atoms with Gasteiger partial charge in [-0.05, 0) is 45.0 Å². The zero-order valence-corrected chi connectivity index (χ0v) is 11.6. The molecule has 0 saturated carbocycles. The summed E-state index contributed by atoms with van der Waals surface area (Å²) in [5.74, 6) is 1.34. The number of rotatable bonds is 7. The van der Waals surface area contributed by atoms with Crippen molar-refractivity contribution in [1.29, 1.82) is 0 Å². The Morgan fingerprint density at radius 2 is 2.41 bits per heavy atom. The van der Waals surface area contributed by atoms with Crippen molar-refractivity contribution in [3.8, 4) is 0 Å². The second-order valence-corrected chi connectivity index (χ2v) is 5.97. The van der Waals surface area contributed by atoms with Crippen LogP contribution in [0.3, 0.4) is 0 Å². The van der Waals surface area contributed by atoms with Crippen molar-refractivity contribution in [3.63, 3.8) is 0 Å². The van der Waals surface area contributed by atoms with Gasteiger partial charge in [0.1, 0.15) is 0 Å². The molecule has 1 amide bonds. The lowest BCUT2D eigenvalue weighted by atomic mass is 10.0. The summed E-state index contributed by atoms with van der Waals surface area (Å²) >= 11 is 1.58. The van der Waals surface area contributed by atoms with Gasteiger partial charge in [-0.1, -0.05) is 0 Å². The number of carbonyl (C=O) groups excluding carboxylic acids is 1. The van der Waals surface area contributed by atoms with E-state index in [1.54, 1.807) is 18.7 Å². The number of thioether (sulfide) groups is 1. The maximum Gasteiger partial charge on any atom is 0.220 e. The van der Waals surface area contributed by atoms with Gasteiger partial charge in [-0.15, -0.1) is 0 Å². The van der Waals surface area contributed by atoms with Gasteiger partial charge < -0.3 is 15.7 Å². The first-order valence-corrected chi connectivity index (χ1v) is 7.61. The molecule has 1 heterocycles. The zero-order chi connectivity index (χ0) is 12.7. The van der Waals surface area contributed by atoms with Crippen LogP contribution in [0.15, 0.2) is 0 Å². The minimum Gasteiger partial charge on any atom is -0.387 e. The van der Waals surface area contributed by atoms with Crippen LogP contribution in [0.5, 0.6) is 0 Å². The van der Waals surface area contributed by atoms with Crippen molar-refractivity contribution in [1.82, 2.24) is 10.6 Å². The molecule has 100 valence electrons. The highest BCUT2D eigenvalue weighted by Gasteiger charge is 2.21. The van der Waals surface area contributed by atoms with Gasteiger partial charge in [-0.25, -0.2) is 0 Å². The van der Waals surface area contributed by atoms with Gasteiger partial charge in [-0.2, -0.15) is 11.8 Å². The van der Waals surface area contributed by atoms with Crippen LogP contribution >= 0.6 is 11.8 Å². The summed E-state index contributed by atoms with van der Waals surface area (Å²) in [6, 6.07) is 0. The third-order valence-electron chi connectivity index (χ3n) is 3.06. The molecule has 17 heavy (non-hydrogen) atoms. The van der Waals surface area contributed by atoms with E-state index in [1.807, 2.05) is 6.26 Å². The summed E-state index contributed by atoms with van der Waals surface area (Å²) < 4.78 is 0. The first kappa shape index (κ1) is 14.8. The van der Waals surface area contributed by atoms with Crippen LogP contribution in [0.2, 0.25) is 0 Å². The van der Waals surface area contributed by atoms with Gasteiger partial charge in [0.2, 0.25) is 5.91 Å². The van der Waals surface area contributed by atoms with Gasteiger partial charge in [0.05, 0.1) is 5.60 Å². The molecule has 2 atom stereocenters. The van der Waals surface area contributed by atoms with Crippen LogP contribution < -0.4 is 10.6 Å². The molecule has 0 bridgehead atoms. The monoisotopic (exact) mass is 260 g/mol. The molecule has 0 aromatic heterocycles. The Labute approximate surface area is 108 Å². The molecule has 1 fully saturated rings. The Kier molecular flexibility index (Phi) is 6.30. The zero-order valence-electron chi connectivity index (χ0n) is 10.8. The Balaban J connectivity index is 2.11. The molecule has 5 heteroatoms. The van der Waals surface area contributed by atoms with Crippen LogP contribution in [0.4, 0.5) is 0 Å². The second kappa shape index (κ2) is 7.24. The van der Waals surface area contributed by atoms with Crippen LogP contribution in [-0.4, -0.2) is 48.3 Å². The Morgan fingerprint density at radius 1 is 1.65 bits per heavy atom. The molecule has 1 aliphatic heterocycles. The van der Waals surface area contributed by atoms with Crippen molar-refractivity contribution >= 4 is 17.7 Å². The summed E-state index contributed by atoms with van der Waals surface area (Å²) in [5, 5.41) is 16.0. The molecule has 2 unspecified atom stereocenters. The van der Waals surface area contributed by atoms with Crippen LogP contribution in [0.25, 0.3) is 0 Å². The largest absolute Gasteiger partial charge is 0.387 e. The van der Waals surface area contributed by atoms with Crippen molar-refractivity contribution in [3.05, 3.63) is 0 Å². The highest BCUT2D eigenvalue weighted by Crippen LogP contribution is 2.14. The maximum atomic E-state index is 11.6. The molecule has 0 aromatic carbocycles. The summed E-state index contributed by atoms with van der Waals surface area (Å²) in [4.78, 5) is 11.6. The summed E-state index contributed by atoms with van der Waals surface area (Å²) in [5.41, 5.74) is -0.802. The third-order valence-corrected chi connectivity index (χ3v) is 3.97. The molecule has 0 aromatic rings. The lowest BCUT2D eigenvalue weighted by Crippen LogP contribution is -2.42. The van der Waals surface area contributed by atoms with E-state index in [-0.39, 0.29) is 5.91 Å². The van der Waals surface area contributed by atoms with Gasteiger partial charge >= 0.3 is 0 Å². The number of hydrogen-bond acceptors (Lipinski definition) is 4. The Hall–Kier alpha value is -0.260. The first-order chi connectivity index (χ1) is 8.03. The predicted octanol–water partition coefficient (Wildman–Crippen LogP) is 0.606. The van der Waals surface area contributed by atoms with E-state index in [1.165, 1.54) is 6.42 Å². The quantitative estimate of drug-likeness (QED) is 0.627. The van der Waals surface area contributed by atoms with Crippen LogP contribution in [-0.2, 0) is 4.79 Å². The summed E-state index contributed by atoms with van der Waals surface area (Å²) in [6.45, 7) is 4.21. The normalized spacial score (nSPS) is 23.4. The van der Waals surface area contributed by atoms with E-state index in [2.05, 4.69) is 10.6 Å². The fourth-order valence-corrected chi connectivity index (χ4v) is 2.76. The van der Waals surface area contributed by atoms with Crippen molar-refractivity contribution in [2.75, 3.05) is 31.6 Å². The SMILES string of the molecule is CSCC(C)(O)CNC(=O)CCC1CCNC1. The number of nitrogens with one attached hydrogen (secondary N) is 2. The molecule has 0 radical (unpaired) electrons. The topological polar surface area (TPSA) is 61.4 Å². The van der Waals surface area contributed by atoms with Gasteiger partial charge in [0.25, 0.3) is 0 Å². The second-order valence-electron chi connectivity index (χ2n) is 5.10. The van der Waals surface area contributed by atoms with Crippen molar-refractivity contribution < 1.29 is 9.90 Å². The summed E-state index contributed by atoms with van der Waals surface area (Å²) in [6.07, 6.45) is 4.64. The smallest absolute Gasteiger partial charge is 0.220 e. The van der Waals surface area contributed by atoms with Crippen LogP contribution in [0, 0.1) is 5.92 Å². The number of aliphatic hydroxyl groups is 1. The fourth-order valence-electron chi connectivity index (χ4n) is 2.04. The average Bonchev–Trinajstić information content (AvgIpc) is 2.76. The number of carbonyl (C=O) groups is 1.